The van der Waals surface area contributed by atoms with Gasteiger partial charge in [-0.25, -0.2) is 0 Å². The number of rotatable bonds is 9. The van der Waals surface area contributed by atoms with Gasteiger partial charge in [-0.15, -0.1) is 11.8 Å². The van der Waals surface area contributed by atoms with Crippen molar-refractivity contribution < 1.29 is 4.74 Å². The largest absolute Gasteiger partial charge is 0.382 e. The molecule has 0 spiro atoms. The second-order valence-corrected chi connectivity index (χ2v) is 5.13. The van der Waals surface area contributed by atoms with Gasteiger partial charge in [-0.3, -0.25) is 0 Å². The van der Waals surface area contributed by atoms with Gasteiger partial charge >= 0.3 is 0 Å². The molecule has 0 bridgehead atoms. The second-order valence-electron chi connectivity index (χ2n) is 3.97. The fourth-order valence-electron chi connectivity index (χ4n) is 1.51. The molecule has 0 radical (unpaired) electrons. The van der Waals surface area contributed by atoms with Crippen molar-refractivity contribution in [1.29, 1.82) is 0 Å². The number of nitrogens with one attached hydrogen (secondary N) is 1. The van der Waals surface area contributed by atoms with Crippen LogP contribution in [0.25, 0.3) is 0 Å². The first kappa shape index (κ1) is 14.6. The first-order chi connectivity index (χ1) is 8.33. The molecule has 3 heteroatoms. The molecule has 0 aromatic heterocycles. The Kier molecular flexibility index (Phi) is 8.14. The van der Waals surface area contributed by atoms with Crippen molar-refractivity contribution in [2.45, 2.75) is 25.2 Å². The van der Waals surface area contributed by atoms with E-state index in [4.69, 9.17) is 4.74 Å². The number of aryl methyl sites for hydroxylation is 1. The molecule has 96 valence electrons. The van der Waals surface area contributed by atoms with E-state index in [1.807, 2.05) is 18.7 Å². The zero-order valence-corrected chi connectivity index (χ0v) is 11.7. The minimum atomic E-state index is 0.823. The molecular weight excluding hydrogens is 230 g/mol. The van der Waals surface area contributed by atoms with Gasteiger partial charge < -0.3 is 10.1 Å². The van der Waals surface area contributed by atoms with E-state index < -0.39 is 0 Å². The number of thioether (sulfide) groups is 1. The Morgan fingerprint density at radius 1 is 1.29 bits per heavy atom. The Labute approximate surface area is 109 Å². The molecule has 1 aromatic carbocycles. The first-order valence-electron chi connectivity index (χ1n) is 6.31. The monoisotopic (exact) mass is 253 g/mol. The smallest absolute Gasteiger partial charge is 0.0477 e. The van der Waals surface area contributed by atoms with Gasteiger partial charge in [-0.2, -0.15) is 0 Å². The summed E-state index contributed by atoms with van der Waals surface area (Å²) in [5.74, 6) is 1.12. The van der Waals surface area contributed by atoms with Crippen LogP contribution in [0, 0.1) is 6.92 Å². The average Bonchev–Trinajstić information content (AvgIpc) is 2.33. The highest BCUT2D eigenvalue weighted by Crippen LogP contribution is 2.17. The summed E-state index contributed by atoms with van der Waals surface area (Å²) in [6.07, 6.45) is 1.10. The summed E-state index contributed by atoms with van der Waals surface area (Å²) in [5, 5.41) is 3.43. The van der Waals surface area contributed by atoms with Crippen molar-refractivity contribution in [3.8, 4) is 0 Å². The van der Waals surface area contributed by atoms with E-state index >= 15 is 0 Å². The predicted octanol–water partition coefficient (Wildman–Crippen LogP) is 3.10. The minimum Gasteiger partial charge on any atom is -0.382 e. The zero-order chi connectivity index (χ0) is 12.3. The summed E-state index contributed by atoms with van der Waals surface area (Å²) >= 11 is 1.91. The van der Waals surface area contributed by atoms with Crippen LogP contribution in [0.5, 0.6) is 0 Å². The highest BCUT2D eigenvalue weighted by atomic mass is 32.2. The SMILES string of the molecule is CCOCCCNCCSc1cccc(C)c1. The highest BCUT2D eigenvalue weighted by Gasteiger charge is 1.94. The van der Waals surface area contributed by atoms with Crippen LogP contribution in [-0.2, 0) is 4.74 Å². The van der Waals surface area contributed by atoms with Gasteiger partial charge in [0.1, 0.15) is 0 Å². The van der Waals surface area contributed by atoms with Crippen LogP contribution in [0.1, 0.15) is 18.9 Å². The Morgan fingerprint density at radius 2 is 2.18 bits per heavy atom. The number of ether oxygens (including phenoxy) is 1. The van der Waals surface area contributed by atoms with Gasteiger partial charge in [0.25, 0.3) is 0 Å². The van der Waals surface area contributed by atoms with Crippen LogP contribution in [-0.4, -0.2) is 32.1 Å². The fourth-order valence-corrected chi connectivity index (χ4v) is 2.44. The molecule has 0 saturated heterocycles. The summed E-state index contributed by atoms with van der Waals surface area (Å²) in [7, 11) is 0. The molecule has 0 aliphatic rings. The second kappa shape index (κ2) is 9.51. The van der Waals surface area contributed by atoms with Gasteiger partial charge in [-0.1, -0.05) is 17.7 Å². The van der Waals surface area contributed by atoms with Gasteiger partial charge in [0, 0.05) is 30.4 Å². The van der Waals surface area contributed by atoms with Crippen LogP contribution < -0.4 is 5.32 Å². The van der Waals surface area contributed by atoms with Gasteiger partial charge in [0.05, 0.1) is 0 Å². The normalized spacial score (nSPS) is 10.7. The predicted molar refractivity (Wildman–Crippen MR) is 75.9 cm³/mol. The standard InChI is InChI=1S/C14H23NOS/c1-3-16-10-5-8-15-9-11-17-14-7-4-6-13(2)12-14/h4,6-7,12,15H,3,5,8-11H2,1-2H3. The Bertz CT molecular complexity index is 304. The topological polar surface area (TPSA) is 21.3 Å². The van der Waals surface area contributed by atoms with Crippen LogP contribution in [0.4, 0.5) is 0 Å². The molecule has 0 amide bonds. The van der Waals surface area contributed by atoms with E-state index in [9.17, 15) is 0 Å². The maximum Gasteiger partial charge on any atom is 0.0477 e. The third-order valence-corrected chi connectivity index (χ3v) is 3.38. The summed E-state index contributed by atoms with van der Waals surface area (Å²) in [6.45, 7) is 7.97. The number of benzene rings is 1. The molecule has 1 N–H and O–H groups in total. The van der Waals surface area contributed by atoms with E-state index in [2.05, 4.69) is 36.5 Å². The lowest BCUT2D eigenvalue weighted by Crippen LogP contribution is -2.19. The lowest BCUT2D eigenvalue weighted by molar-refractivity contribution is 0.145. The molecular formula is C14H23NOS. The fraction of sp³-hybridized carbons (Fsp3) is 0.571. The molecule has 0 heterocycles. The van der Waals surface area contributed by atoms with E-state index in [-0.39, 0.29) is 0 Å². The minimum absolute atomic E-state index is 0.823. The summed E-state index contributed by atoms with van der Waals surface area (Å²) in [6, 6.07) is 8.66. The van der Waals surface area contributed by atoms with E-state index in [0.29, 0.717) is 0 Å². The van der Waals surface area contributed by atoms with Crippen molar-refractivity contribution in [2.24, 2.45) is 0 Å². The lowest BCUT2D eigenvalue weighted by Gasteiger charge is -2.05. The van der Waals surface area contributed by atoms with Crippen molar-refractivity contribution in [3.05, 3.63) is 29.8 Å². The van der Waals surface area contributed by atoms with Crippen LogP contribution >= 0.6 is 11.8 Å². The van der Waals surface area contributed by atoms with Crippen molar-refractivity contribution in [1.82, 2.24) is 5.32 Å². The Hall–Kier alpha value is -0.510. The third-order valence-electron chi connectivity index (χ3n) is 2.38. The average molecular weight is 253 g/mol. The molecule has 17 heavy (non-hydrogen) atoms. The molecule has 0 saturated carbocycles. The quantitative estimate of drug-likeness (QED) is 0.540. The summed E-state index contributed by atoms with van der Waals surface area (Å²) in [4.78, 5) is 1.36. The lowest BCUT2D eigenvalue weighted by atomic mass is 10.2. The van der Waals surface area contributed by atoms with Crippen molar-refractivity contribution in [2.75, 3.05) is 32.1 Å². The Morgan fingerprint density at radius 3 is 2.94 bits per heavy atom. The maximum absolute atomic E-state index is 5.28. The van der Waals surface area contributed by atoms with E-state index in [1.54, 1.807) is 0 Å². The molecule has 0 unspecified atom stereocenters. The van der Waals surface area contributed by atoms with Gasteiger partial charge in [-0.05, 0) is 38.9 Å². The van der Waals surface area contributed by atoms with E-state index in [0.717, 1.165) is 38.5 Å². The first-order valence-corrected chi connectivity index (χ1v) is 7.29. The zero-order valence-electron chi connectivity index (χ0n) is 10.9. The molecule has 0 fully saturated rings. The maximum atomic E-state index is 5.28. The Balaban J connectivity index is 1.97. The van der Waals surface area contributed by atoms with Gasteiger partial charge in [0.15, 0.2) is 0 Å². The van der Waals surface area contributed by atoms with Gasteiger partial charge in [0.2, 0.25) is 0 Å². The van der Waals surface area contributed by atoms with Crippen LogP contribution in [0.3, 0.4) is 0 Å². The highest BCUT2D eigenvalue weighted by molar-refractivity contribution is 7.99. The molecule has 0 aliphatic carbocycles. The molecule has 2 nitrogen and oxygen atoms in total. The molecule has 0 atom stereocenters. The summed E-state index contributed by atoms with van der Waals surface area (Å²) in [5.41, 5.74) is 1.33. The molecule has 0 aliphatic heterocycles. The third kappa shape index (κ3) is 7.42. The van der Waals surface area contributed by atoms with Crippen molar-refractivity contribution in [3.63, 3.8) is 0 Å². The van der Waals surface area contributed by atoms with Crippen molar-refractivity contribution >= 4 is 11.8 Å². The van der Waals surface area contributed by atoms with Crippen LogP contribution in [0.15, 0.2) is 29.2 Å². The molecule has 1 rings (SSSR count). The summed E-state index contributed by atoms with van der Waals surface area (Å²) < 4.78 is 5.28. The molecule has 1 aromatic rings. The van der Waals surface area contributed by atoms with Crippen LogP contribution in [0.2, 0.25) is 0 Å². The number of hydrogen-bond acceptors (Lipinski definition) is 3. The number of hydrogen-bond donors (Lipinski definition) is 1. The van der Waals surface area contributed by atoms with E-state index in [1.165, 1.54) is 10.5 Å².